The maximum Gasteiger partial charge on any atom is 0.276 e. The highest BCUT2D eigenvalue weighted by molar-refractivity contribution is 7.99. The van der Waals surface area contributed by atoms with Crippen molar-refractivity contribution >= 4 is 29.1 Å². The van der Waals surface area contributed by atoms with E-state index in [0.29, 0.717) is 18.2 Å². The third kappa shape index (κ3) is 3.73. The van der Waals surface area contributed by atoms with Crippen LogP contribution in [0.3, 0.4) is 0 Å². The molecule has 0 spiro atoms. The maximum absolute atomic E-state index is 11.0. The first kappa shape index (κ1) is 13.9. The van der Waals surface area contributed by atoms with Gasteiger partial charge in [0.1, 0.15) is 11.6 Å². The van der Waals surface area contributed by atoms with Crippen LogP contribution in [-0.2, 0) is 0 Å². The van der Waals surface area contributed by atoms with Gasteiger partial charge >= 0.3 is 0 Å². The molecule has 7 heteroatoms. The first-order valence-electron chi connectivity index (χ1n) is 6.43. The molecule has 1 fully saturated rings. The van der Waals surface area contributed by atoms with E-state index in [1.54, 1.807) is 6.07 Å². The quantitative estimate of drug-likeness (QED) is 0.675. The van der Waals surface area contributed by atoms with Gasteiger partial charge in [0.25, 0.3) is 5.69 Å². The van der Waals surface area contributed by atoms with Crippen LogP contribution in [0.15, 0.2) is 12.1 Å². The highest BCUT2D eigenvalue weighted by Gasteiger charge is 2.17. The molecule has 6 nitrogen and oxygen atoms in total. The van der Waals surface area contributed by atoms with E-state index in [9.17, 15) is 10.1 Å². The molecular formula is C12H18N4O2S. The molecule has 0 radical (unpaired) electrons. The lowest BCUT2D eigenvalue weighted by Gasteiger charge is -2.21. The van der Waals surface area contributed by atoms with Crippen LogP contribution >= 0.6 is 11.8 Å². The molecule has 2 rings (SSSR count). The molecule has 19 heavy (non-hydrogen) atoms. The molecule has 0 bridgehead atoms. The van der Waals surface area contributed by atoms with Crippen LogP contribution in [0.5, 0.6) is 0 Å². The summed E-state index contributed by atoms with van der Waals surface area (Å²) in [6.45, 7) is 4.45. The summed E-state index contributed by atoms with van der Waals surface area (Å²) in [4.78, 5) is 17.2. The summed E-state index contributed by atoms with van der Waals surface area (Å²) in [5.74, 6) is 3.46. The molecule has 1 saturated heterocycles. The van der Waals surface area contributed by atoms with Gasteiger partial charge in [-0.2, -0.15) is 11.8 Å². The van der Waals surface area contributed by atoms with Crippen LogP contribution in [0.1, 0.15) is 13.3 Å². The number of aromatic nitrogens is 1. The van der Waals surface area contributed by atoms with E-state index >= 15 is 0 Å². The molecule has 104 valence electrons. The predicted molar refractivity (Wildman–Crippen MR) is 79.2 cm³/mol. The minimum Gasteiger partial charge on any atom is -0.370 e. The van der Waals surface area contributed by atoms with E-state index < -0.39 is 0 Å². The van der Waals surface area contributed by atoms with Crippen LogP contribution in [0.4, 0.5) is 17.3 Å². The lowest BCUT2D eigenvalue weighted by molar-refractivity contribution is -0.384. The Balaban J connectivity index is 2.28. The van der Waals surface area contributed by atoms with Gasteiger partial charge in [0, 0.05) is 25.4 Å². The van der Waals surface area contributed by atoms with Crippen molar-refractivity contribution in [3.8, 4) is 0 Å². The van der Waals surface area contributed by atoms with Gasteiger partial charge in [-0.05, 0) is 19.1 Å². The number of pyridine rings is 1. The summed E-state index contributed by atoms with van der Waals surface area (Å²) in [6, 6.07) is 3.05. The second-order valence-electron chi connectivity index (χ2n) is 4.31. The van der Waals surface area contributed by atoms with Crippen LogP contribution in [0, 0.1) is 10.1 Å². The number of hydrogen-bond donors (Lipinski definition) is 1. The van der Waals surface area contributed by atoms with E-state index in [1.807, 2.05) is 18.7 Å². The molecule has 0 amide bonds. The largest absolute Gasteiger partial charge is 0.370 e. The fraction of sp³-hybridized carbons (Fsp3) is 0.583. The number of anilines is 2. The third-order valence-electron chi connectivity index (χ3n) is 2.91. The van der Waals surface area contributed by atoms with Crippen molar-refractivity contribution in [2.75, 3.05) is 41.4 Å². The van der Waals surface area contributed by atoms with Crippen molar-refractivity contribution in [3.05, 3.63) is 22.2 Å². The maximum atomic E-state index is 11.0. The first-order valence-corrected chi connectivity index (χ1v) is 7.59. The van der Waals surface area contributed by atoms with Crippen molar-refractivity contribution in [3.63, 3.8) is 0 Å². The molecule has 0 aromatic carbocycles. The number of rotatable bonds is 4. The molecule has 0 unspecified atom stereocenters. The number of nitrogens with zero attached hydrogens (tertiary/aromatic N) is 3. The summed E-state index contributed by atoms with van der Waals surface area (Å²) >= 11 is 1.92. The van der Waals surface area contributed by atoms with Crippen molar-refractivity contribution in [2.45, 2.75) is 13.3 Å². The van der Waals surface area contributed by atoms with Gasteiger partial charge in [0.05, 0.1) is 17.1 Å². The minimum atomic E-state index is -0.363. The van der Waals surface area contributed by atoms with Crippen LogP contribution in [0.25, 0.3) is 0 Å². The Morgan fingerprint density at radius 3 is 3.05 bits per heavy atom. The number of hydrogen-bond acceptors (Lipinski definition) is 6. The van der Waals surface area contributed by atoms with E-state index in [2.05, 4.69) is 15.2 Å². The summed E-state index contributed by atoms with van der Waals surface area (Å²) in [5, 5.41) is 14.0. The third-order valence-corrected chi connectivity index (χ3v) is 3.96. The Morgan fingerprint density at radius 2 is 2.32 bits per heavy atom. The Kier molecular flexibility index (Phi) is 4.84. The molecule has 1 N–H and O–H groups in total. The highest BCUT2D eigenvalue weighted by atomic mass is 32.2. The predicted octanol–water partition coefficient (Wildman–Crippen LogP) is 2.36. The normalized spacial score (nSPS) is 15.9. The zero-order chi connectivity index (χ0) is 13.7. The number of thioether (sulfide) groups is 1. The van der Waals surface area contributed by atoms with Gasteiger partial charge in [0.15, 0.2) is 0 Å². The molecule has 1 aromatic heterocycles. The average Bonchev–Trinajstić information content (AvgIpc) is 2.67. The summed E-state index contributed by atoms with van der Waals surface area (Å²) < 4.78 is 0. The topological polar surface area (TPSA) is 71.3 Å². The van der Waals surface area contributed by atoms with Crippen molar-refractivity contribution in [2.24, 2.45) is 0 Å². The Morgan fingerprint density at radius 1 is 1.47 bits per heavy atom. The minimum absolute atomic E-state index is 0.0952. The van der Waals surface area contributed by atoms with E-state index in [4.69, 9.17) is 0 Å². The number of nitrogens with one attached hydrogen (secondary N) is 1. The molecular weight excluding hydrogens is 264 g/mol. The summed E-state index contributed by atoms with van der Waals surface area (Å²) in [6.07, 6.45) is 1.09. The van der Waals surface area contributed by atoms with Crippen LogP contribution in [-0.4, -0.2) is 41.0 Å². The van der Waals surface area contributed by atoms with Gasteiger partial charge in [-0.1, -0.05) is 0 Å². The molecule has 0 saturated carbocycles. The highest BCUT2D eigenvalue weighted by Crippen LogP contribution is 2.25. The summed E-state index contributed by atoms with van der Waals surface area (Å²) in [7, 11) is 0. The van der Waals surface area contributed by atoms with Crippen LogP contribution in [0.2, 0.25) is 0 Å². The zero-order valence-electron chi connectivity index (χ0n) is 11.0. The fourth-order valence-electron chi connectivity index (χ4n) is 2.02. The Hall–Kier alpha value is -1.50. The number of nitro groups is 1. The zero-order valence-corrected chi connectivity index (χ0v) is 11.8. The molecule has 1 aliphatic rings. The van der Waals surface area contributed by atoms with Gasteiger partial charge in [0.2, 0.25) is 0 Å². The monoisotopic (exact) mass is 282 g/mol. The van der Waals surface area contributed by atoms with Crippen LogP contribution < -0.4 is 10.2 Å². The van der Waals surface area contributed by atoms with Gasteiger partial charge in [-0.3, -0.25) is 10.1 Å². The lowest BCUT2D eigenvalue weighted by Crippen LogP contribution is -2.26. The molecule has 0 atom stereocenters. The molecule has 1 aromatic rings. The van der Waals surface area contributed by atoms with Gasteiger partial charge < -0.3 is 10.2 Å². The molecule has 1 aliphatic heterocycles. The van der Waals surface area contributed by atoms with Gasteiger partial charge in [-0.15, -0.1) is 0 Å². The lowest BCUT2D eigenvalue weighted by atomic mass is 10.3. The smallest absolute Gasteiger partial charge is 0.276 e. The molecule has 2 heterocycles. The second kappa shape index (κ2) is 6.60. The Bertz CT molecular complexity index is 447. The summed E-state index contributed by atoms with van der Waals surface area (Å²) in [5.41, 5.74) is 0.0952. The second-order valence-corrected chi connectivity index (χ2v) is 5.53. The molecule has 0 aliphatic carbocycles. The Labute approximate surface area is 116 Å². The van der Waals surface area contributed by atoms with E-state index in [0.717, 1.165) is 31.0 Å². The standard InChI is InChI=1S/C12H18N4O2S/c1-2-13-11-8-10(16(17)18)9-12(14-11)15-4-3-6-19-7-5-15/h8-9H,2-7H2,1H3,(H,13,14). The fourth-order valence-corrected chi connectivity index (χ4v) is 2.90. The van der Waals surface area contributed by atoms with Crippen molar-refractivity contribution in [1.82, 2.24) is 4.98 Å². The van der Waals surface area contributed by atoms with E-state index in [-0.39, 0.29) is 10.6 Å². The van der Waals surface area contributed by atoms with Crippen molar-refractivity contribution in [1.29, 1.82) is 0 Å². The SMILES string of the molecule is CCNc1cc([N+](=O)[O-])cc(N2CCCSCC2)n1. The van der Waals surface area contributed by atoms with E-state index in [1.165, 1.54) is 6.07 Å². The van der Waals surface area contributed by atoms with Crippen molar-refractivity contribution < 1.29 is 4.92 Å². The van der Waals surface area contributed by atoms with Gasteiger partial charge in [-0.25, -0.2) is 4.98 Å². The average molecular weight is 282 g/mol. The first-order chi connectivity index (χ1) is 9.20.